The smallest absolute Gasteiger partial charge is 0.231 e. The molecule has 23 heavy (non-hydrogen) atoms. The van der Waals surface area contributed by atoms with E-state index in [-0.39, 0.29) is 19.2 Å². The van der Waals surface area contributed by atoms with Crippen LogP contribution in [0.4, 0.5) is 4.39 Å². The Morgan fingerprint density at radius 2 is 1.87 bits per heavy atom. The van der Waals surface area contributed by atoms with Crippen molar-refractivity contribution < 1.29 is 19.0 Å². The molecule has 4 rings (SSSR count). The Kier molecular flexibility index (Phi) is 3.20. The van der Waals surface area contributed by atoms with Crippen LogP contribution in [0.1, 0.15) is 5.69 Å². The largest absolute Gasteiger partial charge is 0.454 e. The molecule has 0 fully saturated rings. The zero-order valence-electron chi connectivity index (χ0n) is 11.9. The number of aromatic nitrogens is 3. The molecular formula is C16H12FN3O3. The summed E-state index contributed by atoms with van der Waals surface area (Å²) in [5, 5.41) is 17.6. The number of fused-ring (bicyclic) bond motifs is 1. The average Bonchev–Trinajstić information content (AvgIpc) is 3.21. The Morgan fingerprint density at radius 1 is 1.09 bits per heavy atom. The van der Waals surface area contributed by atoms with Crippen molar-refractivity contribution in [2.24, 2.45) is 0 Å². The van der Waals surface area contributed by atoms with Crippen LogP contribution in [-0.2, 0) is 6.61 Å². The Bertz CT molecular complexity index is 862. The van der Waals surface area contributed by atoms with Gasteiger partial charge in [-0.25, -0.2) is 9.07 Å². The van der Waals surface area contributed by atoms with Crippen molar-refractivity contribution in [2.45, 2.75) is 6.61 Å². The maximum absolute atomic E-state index is 13.1. The molecule has 1 aromatic heterocycles. The summed E-state index contributed by atoms with van der Waals surface area (Å²) in [4.78, 5) is 0. The first-order valence-electron chi connectivity index (χ1n) is 6.97. The number of benzene rings is 2. The van der Waals surface area contributed by atoms with Gasteiger partial charge in [0, 0.05) is 5.56 Å². The topological polar surface area (TPSA) is 69.4 Å². The fourth-order valence-corrected chi connectivity index (χ4v) is 2.52. The fourth-order valence-electron chi connectivity index (χ4n) is 2.52. The highest BCUT2D eigenvalue weighted by Gasteiger charge is 2.20. The SMILES string of the molecule is OCc1nnn(-c2ccc(F)cc2)c1-c1ccc2c(c1)OCO2. The second-order valence-electron chi connectivity index (χ2n) is 5.00. The first kappa shape index (κ1) is 13.7. The van der Waals surface area contributed by atoms with E-state index < -0.39 is 0 Å². The van der Waals surface area contributed by atoms with E-state index in [4.69, 9.17) is 9.47 Å². The molecule has 0 atom stereocenters. The lowest BCUT2D eigenvalue weighted by Gasteiger charge is -2.08. The molecule has 2 aromatic carbocycles. The number of aliphatic hydroxyl groups is 1. The van der Waals surface area contributed by atoms with Crippen LogP contribution in [-0.4, -0.2) is 26.9 Å². The Labute approximate surface area is 130 Å². The Balaban J connectivity index is 1.87. The van der Waals surface area contributed by atoms with Crippen molar-refractivity contribution in [3.63, 3.8) is 0 Å². The van der Waals surface area contributed by atoms with Gasteiger partial charge in [-0.1, -0.05) is 5.21 Å². The molecule has 0 bridgehead atoms. The van der Waals surface area contributed by atoms with E-state index in [1.807, 2.05) is 6.07 Å². The first-order valence-corrected chi connectivity index (χ1v) is 6.97. The maximum atomic E-state index is 13.1. The molecule has 0 amide bonds. The number of rotatable bonds is 3. The minimum absolute atomic E-state index is 0.182. The third kappa shape index (κ3) is 2.31. The van der Waals surface area contributed by atoms with Gasteiger partial charge in [0.15, 0.2) is 11.5 Å². The summed E-state index contributed by atoms with van der Waals surface area (Å²) in [6.07, 6.45) is 0. The molecule has 0 saturated carbocycles. The van der Waals surface area contributed by atoms with E-state index in [1.165, 1.54) is 12.1 Å². The number of aliphatic hydroxyl groups excluding tert-OH is 1. The van der Waals surface area contributed by atoms with Crippen LogP contribution in [0, 0.1) is 5.82 Å². The lowest BCUT2D eigenvalue weighted by atomic mass is 10.1. The third-order valence-electron chi connectivity index (χ3n) is 3.61. The predicted octanol–water partition coefficient (Wildman–Crippen LogP) is 2.29. The molecule has 2 heterocycles. The highest BCUT2D eigenvalue weighted by Crippen LogP contribution is 2.37. The fraction of sp³-hybridized carbons (Fsp3) is 0.125. The molecule has 1 aliphatic heterocycles. The molecule has 116 valence electrons. The van der Waals surface area contributed by atoms with Crippen molar-refractivity contribution in [3.05, 3.63) is 54.0 Å². The molecule has 0 saturated heterocycles. The monoisotopic (exact) mass is 313 g/mol. The van der Waals surface area contributed by atoms with Crippen molar-refractivity contribution in [1.82, 2.24) is 15.0 Å². The van der Waals surface area contributed by atoms with Gasteiger partial charge in [0.05, 0.1) is 12.3 Å². The summed E-state index contributed by atoms with van der Waals surface area (Å²) < 4.78 is 25.4. The van der Waals surface area contributed by atoms with Gasteiger partial charge < -0.3 is 14.6 Å². The number of nitrogens with zero attached hydrogens (tertiary/aromatic N) is 3. The van der Waals surface area contributed by atoms with E-state index in [0.29, 0.717) is 28.6 Å². The lowest BCUT2D eigenvalue weighted by Crippen LogP contribution is -2.00. The van der Waals surface area contributed by atoms with E-state index >= 15 is 0 Å². The maximum Gasteiger partial charge on any atom is 0.231 e. The van der Waals surface area contributed by atoms with Crippen LogP contribution >= 0.6 is 0 Å². The number of ether oxygens (including phenoxy) is 2. The second kappa shape index (κ2) is 5.36. The third-order valence-corrected chi connectivity index (χ3v) is 3.61. The summed E-state index contributed by atoms with van der Waals surface area (Å²) in [5.74, 6) is 0.958. The quantitative estimate of drug-likeness (QED) is 0.803. The Hall–Kier alpha value is -2.93. The summed E-state index contributed by atoms with van der Waals surface area (Å²) in [7, 11) is 0. The highest BCUT2D eigenvalue weighted by molar-refractivity contribution is 5.68. The molecular weight excluding hydrogens is 301 g/mol. The predicted molar refractivity (Wildman–Crippen MR) is 78.8 cm³/mol. The van der Waals surface area contributed by atoms with Crippen molar-refractivity contribution in [3.8, 4) is 28.4 Å². The van der Waals surface area contributed by atoms with Crippen LogP contribution in [0.2, 0.25) is 0 Å². The molecule has 1 aliphatic rings. The average molecular weight is 313 g/mol. The van der Waals surface area contributed by atoms with Gasteiger partial charge in [-0.2, -0.15) is 0 Å². The van der Waals surface area contributed by atoms with Crippen LogP contribution in [0.15, 0.2) is 42.5 Å². The standard InChI is InChI=1S/C16H12FN3O3/c17-11-2-4-12(5-3-11)20-16(13(8-21)18-19-20)10-1-6-14-15(7-10)23-9-22-14/h1-7,21H,8-9H2. The van der Waals surface area contributed by atoms with Crippen molar-refractivity contribution in [2.75, 3.05) is 6.79 Å². The summed E-state index contributed by atoms with van der Waals surface area (Å²) in [6, 6.07) is 11.3. The van der Waals surface area contributed by atoms with E-state index in [0.717, 1.165) is 5.56 Å². The van der Waals surface area contributed by atoms with Gasteiger partial charge in [0.2, 0.25) is 6.79 Å². The van der Waals surface area contributed by atoms with E-state index in [2.05, 4.69) is 10.3 Å². The van der Waals surface area contributed by atoms with Gasteiger partial charge in [-0.05, 0) is 42.5 Å². The first-order chi connectivity index (χ1) is 11.3. The molecule has 0 unspecified atom stereocenters. The summed E-state index contributed by atoms with van der Waals surface area (Å²) >= 11 is 0. The Morgan fingerprint density at radius 3 is 2.65 bits per heavy atom. The van der Waals surface area contributed by atoms with E-state index in [1.54, 1.807) is 28.9 Å². The van der Waals surface area contributed by atoms with Gasteiger partial charge in [0.1, 0.15) is 17.2 Å². The van der Waals surface area contributed by atoms with Gasteiger partial charge >= 0.3 is 0 Å². The molecule has 0 aliphatic carbocycles. The van der Waals surface area contributed by atoms with Crippen molar-refractivity contribution in [1.29, 1.82) is 0 Å². The summed E-state index contributed by atoms with van der Waals surface area (Å²) in [5.41, 5.74) is 2.46. The minimum atomic E-state index is -0.333. The lowest BCUT2D eigenvalue weighted by molar-refractivity contribution is 0.174. The normalized spacial score (nSPS) is 12.6. The summed E-state index contributed by atoms with van der Waals surface area (Å²) in [6.45, 7) is -0.0773. The van der Waals surface area contributed by atoms with Gasteiger partial charge in [-0.15, -0.1) is 5.10 Å². The molecule has 0 radical (unpaired) electrons. The van der Waals surface area contributed by atoms with E-state index in [9.17, 15) is 9.50 Å². The van der Waals surface area contributed by atoms with Crippen LogP contribution in [0.25, 0.3) is 16.9 Å². The van der Waals surface area contributed by atoms with Crippen LogP contribution in [0.3, 0.4) is 0 Å². The molecule has 7 heteroatoms. The second-order valence-corrected chi connectivity index (χ2v) is 5.00. The van der Waals surface area contributed by atoms with Gasteiger partial charge in [0.25, 0.3) is 0 Å². The number of halogens is 1. The minimum Gasteiger partial charge on any atom is -0.454 e. The number of hydrogen-bond donors (Lipinski definition) is 1. The molecule has 6 nitrogen and oxygen atoms in total. The zero-order chi connectivity index (χ0) is 15.8. The molecule has 0 spiro atoms. The molecule has 3 aromatic rings. The zero-order valence-corrected chi connectivity index (χ0v) is 11.9. The van der Waals surface area contributed by atoms with Crippen LogP contribution < -0.4 is 9.47 Å². The molecule has 1 N–H and O–H groups in total. The van der Waals surface area contributed by atoms with Gasteiger partial charge in [-0.3, -0.25) is 0 Å². The highest BCUT2D eigenvalue weighted by atomic mass is 19.1. The van der Waals surface area contributed by atoms with Crippen LogP contribution in [0.5, 0.6) is 11.5 Å². The number of hydrogen-bond acceptors (Lipinski definition) is 5. The van der Waals surface area contributed by atoms with Crippen molar-refractivity contribution >= 4 is 0 Å².